The Bertz CT molecular complexity index is 1300. The maximum atomic E-state index is 11.0. The lowest BCUT2D eigenvalue weighted by Gasteiger charge is -2.38. The molecule has 4 nitrogen and oxygen atoms in total. The molecule has 208 valence electrons. The van der Waals surface area contributed by atoms with Crippen LogP contribution < -0.4 is 0 Å². The van der Waals surface area contributed by atoms with Gasteiger partial charge in [0.2, 0.25) is 0 Å². The van der Waals surface area contributed by atoms with Crippen molar-refractivity contribution in [3.05, 3.63) is 120 Å². The Morgan fingerprint density at radius 2 is 1.65 bits per heavy atom. The molecule has 0 aromatic heterocycles. The van der Waals surface area contributed by atoms with E-state index in [0.717, 1.165) is 24.8 Å². The Morgan fingerprint density at radius 3 is 2.35 bits per heavy atom. The lowest BCUT2D eigenvalue weighted by Crippen LogP contribution is -2.39. The van der Waals surface area contributed by atoms with Crippen molar-refractivity contribution in [2.45, 2.75) is 62.6 Å². The summed E-state index contributed by atoms with van der Waals surface area (Å²) in [5.41, 5.74) is 4.77. The summed E-state index contributed by atoms with van der Waals surface area (Å²) in [6, 6.07) is 29.6. The number of rotatable bonds is 12. The van der Waals surface area contributed by atoms with Gasteiger partial charge in [-0.25, -0.2) is 0 Å². The number of carbonyl (C=O) groups is 1. The van der Waals surface area contributed by atoms with Crippen LogP contribution >= 0.6 is 0 Å². The predicted octanol–water partition coefficient (Wildman–Crippen LogP) is 7.55. The molecule has 0 amide bonds. The van der Waals surface area contributed by atoms with Crippen LogP contribution in [0.2, 0.25) is 0 Å². The second kappa shape index (κ2) is 12.8. The number of benzene rings is 3. The van der Waals surface area contributed by atoms with E-state index in [2.05, 4.69) is 85.8 Å². The minimum atomic E-state index is -0.745. The van der Waals surface area contributed by atoms with Gasteiger partial charge in [0.25, 0.3) is 0 Å². The van der Waals surface area contributed by atoms with Gasteiger partial charge in [0.05, 0.1) is 18.8 Å². The van der Waals surface area contributed by atoms with E-state index in [1.54, 1.807) is 0 Å². The van der Waals surface area contributed by atoms with Crippen LogP contribution in [0.3, 0.4) is 0 Å². The number of aliphatic hydroxyl groups is 1. The Morgan fingerprint density at radius 1 is 0.975 bits per heavy atom. The van der Waals surface area contributed by atoms with E-state index >= 15 is 0 Å². The number of aliphatic hydroxyl groups excluding tert-OH is 1. The van der Waals surface area contributed by atoms with E-state index in [1.165, 1.54) is 16.7 Å². The van der Waals surface area contributed by atoms with Crippen molar-refractivity contribution < 1.29 is 19.7 Å². The van der Waals surface area contributed by atoms with E-state index in [1.807, 2.05) is 30.3 Å². The minimum Gasteiger partial charge on any atom is -0.481 e. The van der Waals surface area contributed by atoms with Gasteiger partial charge in [0.15, 0.2) is 0 Å². The summed E-state index contributed by atoms with van der Waals surface area (Å²) >= 11 is 0. The first kappa shape index (κ1) is 28.1. The molecule has 5 rings (SSSR count). The van der Waals surface area contributed by atoms with Gasteiger partial charge in [-0.2, -0.15) is 0 Å². The highest BCUT2D eigenvalue weighted by Gasteiger charge is 2.58. The van der Waals surface area contributed by atoms with Gasteiger partial charge in [-0.15, -0.1) is 0 Å². The first-order chi connectivity index (χ1) is 19.5. The summed E-state index contributed by atoms with van der Waals surface area (Å²) in [6.45, 7) is 2.77. The molecule has 40 heavy (non-hydrogen) atoms. The van der Waals surface area contributed by atoms with Crippen LogP contribution in [0.4, 0.5) is 0 Å². The van der Waals surface area contributed by atoms with Crippen molar-refractivity contribution >= 4 is 5.97 Å². The SMILES string of the molecule is CC(c1ccccc1)[C@@H](O)/C=C/[C@@H]1[C@@H]2C[C@@](c3ccc(-c4ccccc4)cc3)(CO2)[C@H]1C/C=C\CCCC(=O)O. The van der Waals surface area contributed by atoms with E-state index < -0.39 is 12.1 Å². The van der Waals surface area contributed by atoms with Crippen molar-refractivity contribution in [1.29, 1.82) is 0 Å². The second-order valence-corrected chi connectivity index (χ2v) is 11.4. The molecule has 1 saturated heterocycles. The lowest BCUT2D eigenvalue weighted by atomic mass is 9.69. The zero-order valence-corrected chi connectivity index (χ0v) is 23.2. The fourth-order valence-corrected chi connectivity index (χ4v) is 6.64. The Balaban J connectivity index is 1.37. The summed E-state index contributed by atoms with van der Waals surface area (Å²) in [6.07, 6.45) is 11.6. The molecule has 3 aromatic rings. The molecular weight excluding hydrogens is 496 g/mol. The zero-order valence-electron chi connectivity index (χ0n) is 23.2. The molecule has 3 aromatic carbocycles. The first-order valence-corrected chi connectivity index (χ1v) is 14.5. The topological polar surface area (TPSA) is 66.8 Å². The van der Waals surface area contributed by atoms with Crippen LogP contribution in [0, 0.1) is 11.8 Å². The smallest absolute Gasteiger partial charge is 0.303 e. The highest BCUT2D eigenvalue weighted by Crippen LogP contribution is 2.57. The van der Waals surface area contributed by atoms with Crippen molar-refractivity contribution in [2.75, 3.05) is 6.61 Å². The monoisotopic (exact) mass is 536 g/mol. The molecule has 4 heteroatoms. The molecule has 2 aliphatic rings. The Kier molecular flexibility index (Phi) is 8.98. The van der Waals surface area contributed by atoms with Crippen LogP contribution in [0.15, 0.2) is 109 Å². The summed E-state index contributed by atoms with van der Waals surface area (Å²) in [5, 5.41) is 20.0. The molecule has 1 aliphatic heterocycles. The number of fused-ring (bicyclic) bond motifs is 2. The maximum absolute atomic E-state index is 11.0. The normalized spacial score (nSPS) is 25.5. The van der Waals surface area contributed by atoms with Gasteiger partial charge >= 0.3 is 5.97 Å². The molecule has 1 unspecified atom stereocenters. The maximum Gasteiger partial charge on any atom is 0.303 e. The summed E-state index contributed by atoms with van der Waals surface area (Å²) < 4.78 is 6.39. The number of ether oxygens (including phenoxy) is 1. The van der Waals surface area contributed by atoms with Crippen LogP contribution in [-0.4, -0.2) is 35.0 Å². The molecule has 2 N–H and O–H groups in total. The van der Waals surface area contributed by atoms with Gasteiger partial charge in [-0.3, -0.25) is 4.79 Å². The summed E-state index contributed by atoms with van der Waals surface area (Å²) in [7, 11) is 0. The number of unbranched alkanes of at least 4 members (excludes halogenated alkanes) is 1. The van der Waals surface area contributed by atoms with E-state index in [0.29, 0.717) is 18.9 Å². The quantitative estimate of drug-likeness (QED) is 0.185. The number of allylic oxidation sites excluding steroid dienone is 2. The van der Waals surface area contributed by atoms with Crippen molar-refractivity contribution in [3.8, 4) is 11.1 Å². The molecule has 1 aliphatic carbocycles. The number of aliphatic carboxylic acids is 1. The van der Waals surface area contributed by atoms with E-state index in [4.69, 9.17) is 9.84 Å². The van der Waals surface area contributed by atoms with E-state index in [-0.39, 0.29) is 29.8 Å². The molecule has 0 spiro atoms. The van der Waals surface area contributed by atoms with Crippen molar-refractivity contribution in [2.24, 2.45) is 11.8 Å². The fourth-order valence-electron chi connectivity index (χ4n) is 6.64. The lowest BCUT2D eigenvalue weighted by molar-refractivity contribution is -0.137. The average Bonchev–Trinajstić information content (AvgIpc) is 3.56. The highest BCUT2D eigenvalue weighted by atomic mass is 16.5. The highest BCUT2D eigenvalue weighted by molar-refractivity contribution is 5.66. The zero-order chi connectivity index (χ0) is 28.0. The molecule has 6 atom stereocenters. The summed E-state index contributed by atoms with van der Waals surface area (Å²) in [4.78, 5) is 10.9. The second-order valence-electron chi connectivity index (χ2n) is 11.4. The molecule has 2 fully saturated rings. The van der Waals surface area contributed by atoms with E-state index in [9.17, 15) is 9.90 Å². The van der Waals surface area contributed by atoms with Gasteiger partial charge in [0.1, 0.15) is 0 Å². The third kappa shape index (κ3) is 6.14. The van der Waals surface area contributed by atoms with Crippen molar-refractivity contribution in [3.63, 3.8) is 0 Å². The first-order valence-electron chi connectivity index (χ1n) is 14.5. The van der Waals surface area contributed by atoms with Crippen LogP contribution in [0.25, 0.3) is 11.1 Å². The molecule has 0 radical (unpaired) electrons. The molecule has 2 bridgehead atoms. The number of hydrogen-bond donors (Lipinski definition) is 2. The molecule has 1 heterocycles. The minimum absolute atomic E-state index is 0.00373. The van der Waals surface area contributed by atoms with Gasteiger partial charge in [-0.1, -0.05) is 116 Å². The third-order valence-electron chi connectivity index (χ3n) is 8.98. The largest absolute Gasteiger partial charge is 0.481 e. The number of hydrogen-bond acceptors (Lipinski definition) is 3. The Hall–Kier alpha value is -3.47. The van der Waals surface area contributed by atoms with Crippen molar-refractivity contribution in [1.82, 2.24) is 0 Å². The predicted molar refractivity (Wildman–Crippen MR) is 160 cm³/mol. The van der Waals surface area contributed by atoms with Gasteiger partial charge in [-0.05, 0) is 53.9 Å². The van der Waals surface area contributed by atoms with Crippen LogP contribution in [0.1, 0.15) is 56.1 Å². The summed E-state index contributed by atoms with van der Waals surface area (Å²) in [5.74, 6) is -0.210. The number of carboxylic acids is 1. The fraction of sp³-hybridized carbons (Fsp3) is 0.361. The Labute approximate surface area is 238 Å². The van der Waals surface area contributed by atoms with Gasteiger partial charge < -0.3 is 14.9 Å². The average molecular weight is 537 g/mol. The van der Waals surface area contributed by atoms with Crippen LogP contribution in [-0.2, 0) is 14.9 Å². The molecule has 1 saturated carbocycles. The standard InChI is InChI=1S/C36H40O4/c1-26(27-12-6-4-7-13-27)33(37)23-22-31-32(16-10-2-3-11-17-35(38)39)36(24-34(31)40-25-36)30-20-18-29(19-21-30)28-14-8-5-9-15-28/h2,4-10,12-15,18-23,26,31-34,37H,3,11,16-17,24-25H2,1H3,(H,38,39)/b10-2-,23-22+/t26?,31-,32-,33-,34-,36-/m0/s1. The van der Waals surface area contributed by atoms with Gasteiger partial charge in [0, 0.05) is 23.7 Å². The number of carboxylic acid groups (broad SMARTS) is 1. The molecular formula is C36H40O4. The third-order valence-corrected chi connectivity index (χ3v) is 8.98. The van der Waals surface area contributed by atoms with Crippen LogP contribution in [0.5, 0.6) is 0 Å².